The number of methoxy groups -OCH3 is 1. The summed E-state index contributed by atoms with van der Waals surface area (Å²) in [6.45, 7) is 0.586. The summed E-state index contributed by atoms with van der Waals surface area (Å²) in [7, 11) is 3.09. The molecule has 1 aliphatic rings. The molecule has 5 rings (SSSR count). The van der Waals surface area contributed by atoms with E-state index in [4.69, 9.17) is 9.15 Å². The van der Waals surface area contributed by atoms with Gasteiger partial charge in [-0.3, -0.25) is 14.1 Å². The Kier molecular flexibility index (Phi) is 5.24. The maximum Gasteiger partial charge on any atom is 0.328 e. The van der Waals surface area contributed by atoms with E-state index in [1.54, 1.807) is 30.1 Å². The molecule has 166 valence electrons. The molecule has 0 radical (unpaired) electrons. The van der Waals surface area contributed by atoms with Gasteiger partial charge in [0.15, 0.2) is 11.6 Å². The Labute approximate surface area is 183 Å². The molecular weight excluding hydrogens is 413 g/mol. The predicted octanol–water partition coefficient (Wildman–Crippen LogP) is 3.91. The number of pyridine rings is 1. The fourth-order valence-corrected chi connectivity index (χ4v) is 4.59. The minimum atomic E-state index is -0.474. The highest BCUT2D eigenvalue weighted by atomic mass is 19.1. The van der Waals surface area contributed by atoms with Crippen molar-refractivity contribution >= 4 is 11.0 Å². The maximum absolute atomic E-state index is 14.1. The molecule has 9 heteroatoms. The highest BCUT2D eigenvalue weighted by molar-refractivity contribution is 5.78. The summed E-state index contributed by atoms with van der Waals surface area (Å²) >= 11 is 0. The van der Waals surface area contributed by atoms with Crippen LogP contribution in [0.1, 0.15) is 37.5 Å². The molecule has 1 aromatic carbocycles. The summed E-state index contributed by atoms with van der Waals surface area (Å²) < 4.78 is 28.4. The molecule has 4 aromatic rings. The number of hydrogen-bond acceptors (Lipinski definition) is 6. The van der Waals surface area contributed by atoms with Crippen LogP contribution in [0.2, 0.25) is 0 Å². The van der Waals surface area contributed by atoms with E-state index in [1.807, 2.05) is 12.1 Å². The molecule has 0 atom stereocenters. The first kappa shape index (κ1) is 20.4. The Bertz CT molecular complexity index is 1300. The third kappa shape index (κ3) is 3.57. The highest BCUT2D eigenvalue weighted by Crippen LogP contribution is 2.37. The molecule has 1 aliphatic carbocycles. The van der Waals surface area contributed by atoms with E-state index in [2.05, 4.69) is 15.2 Å². The van der Waals surface area contributed by atoms with Gasteiger partial charge < -0.3 is 9.15 Å². The van der Waals surface area contributed by atoms with Crippen molar-refractivity contribution in [2.45, 2.75) is 38.1 Å². The van der Waals surface area contributed by atoms with E-state index >= 15 is 0 Å². The first-order valence-corrected chi connectivity index (χ1v) is 10.7. The summed E-state index contributed by atoms with van der Waals surface area (Å²) in [6.07, 6.45) is 7.12. The molecule has 0 aliphatic heterocycles. The number of aromatic nitrogens is 5. The summed E-state index contributed by atoms with van der Waals surface area (Å²) in [6, 6.07) is 6.70. The number of aryl methyl sites for hydroxylation is 1. The Balaban J connectivity index is 1.31. The average molecular weight is 437 g/mol. The van der Waals surface area contributed by atoms with Gasteiger partial charge in [0, 0.05) is 44.0 Å². The average Bonchev–Trinajstić information content (AvgIpc) is 3.40. The van der Waals surface area contributed by atoms with Crippen molar-refractivity contribution in [3.8, 4) is 17.2 Å². The quantitative estimate of drug-likeness (QED) is 0.470. The Morgan fingerprint density at radius 1 is 1.19 bits per heavy atom. The molecule has 0 bridgehead atoms. The molecule has 0 saturated heterocycles. The van der Waals surface area contributed by atoms with E-state index in [9.17, 15) is 9.18 Å². The van der Waals surface area contributed by atoms with Crippen LogP contribution in [-0.2, 0) is 13.6 Å². The van der Waals surface area contributed by atoms with Crippen molar-refractivity contribution in [1.82, 2.24) is 24.3 Å². The van der Waals surface area contributed by atoms with Gasteiger partial charge in [0.1, 0.15) is 0 Å². The fourth-order valence-electron chi connectivity index (χ4n) is 4.59. The normalized spacial score (nSPS) is 18.8. The molecule has 0 unspecified atom stereocenters. The number of rotatable bonds is 5. The summed E-state index contributed by atoms with van der Waals surface area (Å²) in [5.41, 5.74) is 1.92. The van der Waals surface area contributed by atoms with Gasteiger partial charge in [-0.15, -0.1) is 10.2 Å². The standard InChI is InChI=1S/C23H24FN5O3/c1-28-18-10-17(24)20(31-2)11-19(18)29(23(28)30)13-14-5-7-15(8-6-14)21-26-27-22(32-21)16-4-3-9-25-12-16/h3-4,9-12,14-15H,5-8,13H2,1-2H3. The van der Waals surface area contributed by atoms with Crippen molar-refractivity contribution in [2.75, 3.05) is 7.11 Å². The van der Waals surface area contributed by atoms with E-state index in [0.717, 1.165) is 31.2 Å². The second-order valence-corrected chi connectivity index (χ2v) is 8.33. The lowest BCUT2D eigenvalue weighted by Crippen LogP contribution is -2.27. The van der Waals surface area contributed by atoms with E-state index in [0.29, 0.717) is 35.3 Å². The molecule has 0 N–H and O–H groups in total. The zero-order valence-corrected chi connectivity index (χ0v) is 18.0. The van der Waals surface area contributed by atoms with Gasteiger partial charge in [-0.1, -0.05) is 0 Å². The van der Waals surface area contributed by atoms with Gasteiger partial charge in [0.05, 0.1) is 23.7 Å². The van der Waals surface area contributed by atoms with Crippen LogP contribution in [0.25, 0.3) is 22.5 Å². The van der Waals surface area contributed by atoms with Gasteiger partial charge >= 0.3 is 5.69 Å². The third-order valence-corrected chi connectivity index (χ3v) is 6.40. The van der Waals surface area contributed by atoms with Crippen LogP contribution in [-0.4, -0.2) is 31.4 Å². The number of fused-ring (bicyclic) bond motifs is 1. The second kappa shape index (κ2) is 8.22. The lowest BCUT2D eigenvalue weighted by atomic mass is 9.82. The smallest absolute Gasteiger partial charge is 0.328 e. The maximum atomic E-state index is 14.1. The molecule has 1 fully saturated rings. The summed E-state index contributed by atoms with van der Waals surface area (Å²) in [4.78, 5) is 16.9. The topological polar surface area (TPSA) is 88.0 Å². The van der Waals surface area contributed by atoms with Crippen molar-refractivity contribution in [2.24, 2.45) is 13.0 Å². The summed E-state index contributed by atoms with van der Waals surface area (Å²) in [5, 5.41) is 8.43. The van der Waals surface area contributed by atoms with Crippen molar-refractivity contribution < 1.29 is 13.5 Å². The van der Waals surface area contributed by atoms with E-state index in [-0.39, 0.29) is 17.4 Å². The lowest BCUT2D eigenvalue weighted by Gasteiger charge is -2.26. The number of benzene rings is 1. The largest absolute Gasteiger partial charge is 0.494 e. The van der Waals surface area contributed by atoms with Gasteiger partial charge in [-0.2, -0.15) is 0 Å². The Morgan fingerprint density at radius 2 is 2.00 bits per heavy atom. The van der Waals surface area contributed by atoms with Crippen LogP contribution in [0.5, 0.6) is 5.75 Å². The number of halogens is 1. The van der Waals surface area contributed by atoms with Gasteiger partial charge in [-0.25, -0.2) is 9.18 Å². The molecule has 32 heavy (non-hydrogen) atoms. The van der Waals surface area contributed by atoms with Gasteiger partial charge in [-0.05, 0) is 43.7 Å². The monoisotopic (exact) mass is 437 g/mol. The van der Waals surface area contributed by atoms with Crippen LogP contribution in [0, 0.1) is 11.7 Å². The first-order valence-electron chi connectivity index (χ1n) is 10.7. The van der Waals surface area contributed by atoms with Gasteiger partial charge in [0.25, 0.3) is 0 Å². The molecule has 3 heterocycles. The number of hydrogen-bond donors (Lipinski definition) is 0. The van der Waals surface area contributed by atoms with E-state index < -0.39 is 5.82 Å². The molecule has 0 spiro atoms. The second-order valence-electron chi connectivity index (χ2n) is 8.33. The molecule has 1 saturated carbocycles. The number of nitrogens with zero attached hydrogens (tertiary/aromatic N) is 5. The van der Waals surface area contributed by atoms with Crippen LogP contribution in [0.4, 0.5) is 4.39 Å². The van der Waals surface area contributed by atoms with Crippen LogP contribution in [0.15, 0.2) is 45.9 Å². The van der Waals surface area contributed by atoms with E-state index in [1.165, 1.54) is 17.7 Å². The highest BCUT2D eigenvalue weighted by Gasteiger charge is 2.28. The van der Waals surface area contributed by atoms with Crippen molar-refractivity contribution in [3.63, 3.8) is 0 Å². The Hall–Kier alpha value is -3.49. The minimum Gasteiger partial charge on any atom is -0.494 e. The van der Waals surface area contributed by atoms with Crippen LogP contribution >= 0.6 is 0 Å². The lowest BCUT2D eigenvalue weighted by molar-refractivity contribution is 0.270. The number of ether oxygens (including phenoxy) is 1. The van der Waals surface area contributed by atoms with Gasteiger partial charge in [0.2, 0.25) is 11.8 Å². The molecule has 3 aromatic heterocycles. The molecule has 8 nitrogen and oxygen atoms in total. The fraction of sp³-hybridized carbons (Fsp3) is 0.391. The zero-order valence-electron chi connectivity index (χ0n) is 18.0. The zero-order chi connectivity index (χ0) is 22.2. The predicted molar refractivity (Wildman–Crippen MR) is 116 cm³/mol. The SMILES string of the molecule is COc1cc2c(cc1F)n(C)c(=O)n2CC1CCC(c2nnc(-c3cccnc3)o2)CC1. The molecular formula is C23H24FN5O3. The number of imidazole rings is 1. The third-order valence-electron chi connectivity index (χ3n) is 6.40. The minimum absolute atomic E-state index is 0.140. The molecule has 0 amide bonds. The summed E-state index contributed by atoms with van der Waals surface area (Å²) in [5.74, 6) is 1.36. The first-order chi connectivity index (χ1) is 15.5. The van der Waals surface area contributed by atoms with Crippen LogP contribution in [0.3, 0.4) is 0 Å². The van der Waals surface area contributed by atoms with Crippen molar-refractivity contribution in [1.29, 1.82) is 0 Å². The Morgan fingerprint density at radius 3 is 2.72 bits per heavy atom. The van der Waals surface area contributed by atoms with Crippen LogP contribution < -0.4 is 10.4 Å². The van der Waals surface area contributed by atoms with Crippen molar-refractivity contribution in [3.05, 3.63) is 58.9 Å².